The number of carbonyl (C=O) groups excluding carboxylic acids is 1. The number of amides is 2. The van der Waals surface area contributed by atoms with Crippen LogP contribution in [0, 0.1) is 11.8 Å². The van der Waals surface area contributed by atoms with E-state index in [4.69, 9.17) is 0 Å². The first-order chi connectivity index (χ1) is 9.01. The lowest BCUT2D eigenvalue weighted by Crippen LogP contribution is -2.56. The third-order valence-electron chi connectivity index (χ3n) is 4.72. The van der Waals surface area contributed by atoms with E-state index in [1.165, 1.54) is 17.7 Å². The smallest absolute Gasteiger partial charge is 0.329 e. The third kappa shape index (κ3) is 2.69. The van der Waals surface area contributed by atoms with Gasteiger partial charge in [0.15, 0.2) is 0 Å². The fourth-order valence-electron chi connectivity index (χ4n) is 3.09. The normalized spacial score (nSPS) is 28.2. The Kier molecular flexibility index (Phi) is 4.02. The fraction of sp³-hybridized carbons (Fsp3) is 0.857. The van der Waals surface area contributed by atoms with Crippen molar-refractivity contribution in [2.24, 2.45) is 11.8 Å². The highest BCUT2D eigenvalue weighted by molar-refractivity contribution is 5.87. The van der Waals surface area contributed by atoms with Gasteiger partial charge in [0.1, 0.15) is 5.54 Å². The van der Waals surface area contributed by atoms with Gasteiger partial charge >= 0.3 is 12.0 Å². The van der Waals surface area contributed by atoms with Crippen LogP contribution in [0.25, 0.3) is 0 Å². The summed E-state index contributed by atoms with van der Waals surface area (Å²) < 4.78 is 0. The molecule has 0 bridgehead atoms. The number of carboxylic acid groups (broad SMARTS) is 1. The summed E-state index contributed by atoms with van der Waals surface area (Å²) in [5, 5.41) is 12.4. The van der Waals surface area contributed by atoms with Gasteiger partial charge in [0, 0.05) is 13.1 Å². The number of carboxylic acids is 1. The summed E-state index contributed by atoms with van der Waals surface area (Å²) >= 11 is 0. The maximum atomic E-state index is 12.2. The number of carbonyl (C=O) groups is 2. The monoisotopic (exact) mass is 268 g/mol. The number of hydrogen-bond acceptors (Lipinski definition) is 2. The molecule has 2 N–H and O–H groups in total. The molecule has 2 unspecified atom stereocenters. The Balaban J connectivity index is 1.94. The summed E-state index contributed by atoms with van der Waals surface area (Å²) in [6.07, 6.45) is 4.31. The molecule has 1 saturated carbocycles. The van der Waals surface area contributed by atoms with E-state index >= 15 is 0 Å². The molecule has 19 heavy (non-hydrogen) atoms. The molecular formula is C14H24N2O3. The topological polar surface area (TPSA) is 69.6 Å². The van der Waals surface area contributed by atoms with Gasteiger partial charge in [-0.2, -0.15) is 0 Å². The van der Waals surface area contributed by atoms with Gasteiger partial charge in [0.05, 0.1) is 0 Å². The molecule has 5 heteroatoms. The van der Waals surface area contributed by atoms with Crippen molar-refractivity contribution in [1.82, 2.24) is 10.2 Å². The van der Waals surface area contributed by atoms with Crippen molar-refractivity contribution in [1.29, 1.82) is 0 Å². The minimum Gasteiger partial charge on any atom is -0.479 e. The van der Waals surface area contributed by atoms with E-state index in [0.717, 1.165) is 12.3 Å². The van der Waals surface area contributed by atoms with Crippen LogP contribution in [0.3, 0.4) is 0 Å². The largest absolute Gasteiger partial charge is 0.479 e. The second-order valence-electron chi connectivity index (χ2n) is 5.95. The number of likely N-dealkylation sites (tertiary alicyclic amines) is 1. The van der Waals surface area contributed by atoms with Crippen molar-refractivity contribution in [3.05, 3.63) is 0 Å². The molecule has 1 saturated heterocycles. The molecule has 2 atom stereocenters. The van der Waals surface area contributed by atoms with Crippen molar-refractivity contribution in [3.63, 3.8) is 0 Å². The molecule has 108 valence electrons. The molecule has 1 aliphatic heterocycles. The highest BCUT2D eigenvalue weighted by Gasteiger charge is 2.48. The van der Waals surface area contributed by atoms with Crippen LogP contribution in [0.4, 0.5) is 4.79 Å². The standard InChI is InChI=1S/C14H24N2O3/c1-3-14(12(17)18)7-4-8-16(14)13(19)15-9-10(2)11-5-6-11/h10-11H,3-9H2,1-2H3,(H,15,19)(H,17,18). The quantitative estimate of drug-likeness (QED) is 0.802. The number of nitrogens with one attached hydrogen (secondary N) is 1. The van der Waals surface area contributed by atoms with E-state index in [-0.39, 0.29) is 6.03 Å². The molecule has 0 aromatic heterocycles. The predicted molar refractivity (Wildman–Crippen MR) is 71.9 cm³/mol. The first-order valence-corrected chi connectivity index (χ1v) is 7.30. The van der Waals surface area contributed by atoms with E-state index in [1.807, 2.05) is 6.92 Å². The first-order valence-electron chi connectivity index (χ1n) is 7.30. The predicted octanol–water partition coefficient (Wildman–Crippen LogP) is 2.07. The SMILES string of the molecule is CCC1(C(=O)O)CCCN1C(=O)NCC(C)C1CC1. The van der Waals surface area contributed by atoms with Crippen molar-refractivity contribution in [3.8, 4) is 0 Å². The van der Waals surface area contributed by atoms with Crippen molar-refractivity contribution in [2.45, 2.75) is 51.5 Å². The van der Waals surface area contributed by atoms with Crippen molar-refractivity contribution < 1.29 is 14.7 Å². The lowest BCUT2D eigenvalue weighted by molar-refractivity contribution is -0.148. The Morgan fingerprint density at radius 1 is 1.47 bits per heavy atom. The van der Waals surface area contributed by atoms with Crippen LogP contribution >= 0.6 is 0 Å². The van der Waals surface area contributed by atoms with Crippen molar-refractivity contribution >= 4 is 12.0 Å². The maximum Gasteiger partial charge on any atom is 0.329 e. The molecule has 5 nitrogen and oxygen atoms in total. The number of urea groups is 1. The van der Waals surface area contributed by atoms with Crippen LogP contribution in [0.5, 0.6) is 0 Å². The van der Waals surface area contributed by atoms with E-state index < -0.39 is 11.5 Å². The first kappa shape index (κ1) is 14.2. The number of aliphatic carboxylic acids is 1. The average molecular weight is 268 g/mol. The minimum absolute atomic E-state index is 0.214. The Hall–Kier alpha value is -1.26. The van der Waals surface area contributed by atoms with Crippen LogP contribution in [0.15, 0.2) is 0 Å². The second kappa shape index (κ2) is 5.39. The van der Waals surface area contributed by atoms with E-state index in [2.05, 4.69) is 12.2 Å². The number of hydrogen-bond donors (Lipinski definition) is 2. The summed E-state index contributed by atoms with van der Waals surface area (Å²) in [7, 11) is 0. The number of rotatable bonds is 5. The summed E-state index contributed by atoms with van der Waals surface area (Å²) in [6.45, 7) is 5.18. The molecule has 0 spiro atoms. The molecule has 1 heterocycles. The lowest BCUT2D eigenvalue weighted by Gasteiger charge is -2.34. The zero-order chi connectivity index (χ0) is 14.0. The Bertz CT molecular complexity index is 368. The Morgan fingerprint density at radius 3 is 2.68 bits per heavy atom. The van der Waals surface area contributed by atoms with Gasteiger partial charge in [-0.1, -0.05) is 13.8 Å². The molecule has 0 aromatic carbocycles. The molecule has 2 aliphatic rings. The minimum atomic E-state index is -0.993. The van der Waals surface area contributed by atoms with E-state index in [9.17, 15) is 14.7 Å². The van der Waals surface area contributed by atoms with Gasteiger partial charge < -0.3 is 15.3 Å². The zero-order valence-corrected chi connectivity index (χ0v) is 11.8. The van der Waals surface area contributed by atoms with Gasteiger partial charge in [-0.15, -0.1) is 0 Å². The maximum absolute atomic E-state index is 12.2. The highest BCUT2D eigenvalue weighted by Crippen LogP contribution is 2.36. The van der Waals surface area contributed by atoms with E-state index in [0.29, 0.717) is 31.8 Å². The van der Waals surface area contributed by atoms with Crippen LogP contribution < -0.4 is 5.32 Å². The summed E-state index contributed by atoms with van der Waals surface area (Å²) in [5.41, 5.74) is -0.993. The number of nitrogens with zero attached hydrogens (tertiary/aromatic N) is 1. The van der Waals surface area contributed by atoms with Crippen LogP contribution in [0.2, 0.25) is 0 Å². The van der Waals surface area contributed by atoms with Crippen LogP contribution in [0.1, 0.15) is 46.0 Å². The lowest BCUT2D eigenvalue weighted by atomic mass is 9.93. The van der Waals surface area contributed by atoms with E-state index in [1.54, 1.807) is 0 Å². The molecule has 2 fully saturated rings. The summed E-state index contributed by atoms with van der Waals surface area (Å²) in [5.74, 6) is 0.361. The van der Waals surface area contributed by atoms with Crippen LogP contribution in [-0.4, -0.2) is 40.6 Å². The molecule has 1 aliphatic carbocycles. The Labute approximate surface area is 114 Å². The molecule has 0 aromatic rings. The fourth-order valence-corrected chi connectivity index (χ4v) is 3.09. The second-order valence-corrected chi connectivity index (χ2v) is 5.95. The Morgan fingerprint density at radius 2 is 2.16 bits per heavy atom. The van der Waals surface area contributed by atoms with Gasteiger partial charge in [-0.05, 0) is 43.9 Å². The van der Waals surface area contributed by atoms with Gasteiger partial charge in [-0.25, -0.2) is 9.59 Å². The van der Waals surface area contributed by atoms with Gasteiger partial charge in [0.25, 0.3) is 0 Å². The molecule has 2 amide bonds. The highest BCUT2D eigenvalue weighted by atomic mass is 16.4. The molecule has 2 rings (SSSR count). The van der Waals surface area contributed by atoms with Crippen molar-refractivity contribution in [2.75, 3.05) is 13.1 Å². The zero-order valence-electron chi connectivity index (χ0n) is 11.8. The summed E-state index contributed by atoms with van der Waals surface area (Å²) in [6, 6.07) is -0.214. The third-order valence-corrected chi connectivity index (χ3v) is 4.72. The molecule has 0 radical (unpaired) electrons. The van der Waals surface area contributed by atoms with Crippen LogP contribution in [-0.2, 0) is 4.79 Å². The molecular weight excluding hydrogens is 244 g/mol. The summed E-state index contributed by atoms with van der Waals surface area (Å²) in [4.78, 5) is 25.3. The van der Waals surface area contributed by atoms with Gasteiger partial charge in [-0.3, -0.25) is 0 Å². The average Bonchev–Trinajstić information content (AvgIpc) is 3.14. The van der Waals surface area contributed by atoms with Gasteiger partial charge in [0.2, 0.25) is 0 Å².